The number of halogens is 2. The second kappa shape index (κ2) is 8.89. The van der Waals surface area contributed by atoms with Gasteiger partial charge in [0.2, 0.25) is 16.0 Å². The van der Waals surface area contributed by atoms with E-state index in [1.165, 1.54) is 13.2 Å². The minimum absolute atomic E-state index is 0.112. The molecular weight excluding hydrogens is 489 g/mol. The molecule has 0 aliphatic heterocycles. The SMILES string of the molecule is COn1c(=O)ccc2c(-c3c(Cl)cccc3Cl)nc(Nc3cccc(NS(C)(=O)=O)c3)nc21. The summed E-state index contributed by atoms with van der Waals surface area (Å²) in [6.45, 7) is 0. The van der Waals surface area contributed by atoms with Gasteiger partial charge in [0.25, 0.3) is 5.56 Å². The number of hydrogen-bond acceptors (Lipinski definition) is 7. The molecule has 0 spiro atoms. The first-order valence-corrected chi connectivity index (χ1v) is 12.1. The highest BCUT2D eigenvalue weighted by Crippen LogP contribution is 2.37. The molecule has 12 heteroatoms. The molecule has 4 rings (SSSR count). The number of anilines is 3. The van der Waals surface area contributed by atoms with Crippen LogP contribution in [0.2, 0.25) is 10.0 Å². The Labute approximate surface area is 199 Å². The Kier molecular flexibility index (Phi) is 6.15. The fourth-order valence-electron chi connectivity index (χ4n) is 3.24. The molecule has 170 valence electrons. The van der Waals surface area contributed by atoms with Crippen molar-refractivity contribution in [3.63, 3.8) is 0 Å². The number of pyridine rings is 1. The second-order valence-electron chi connectivity index (χ2n) is 6.96. The lowest BCUT2D eigenvalue weighted by atomic mass is 10.1. The first-order valence-electron chi connectivity index (χ1n) is 9.44. The van der Waals surface area contributed by atoms with Crippen molar-refractivity contribution in [1.82, 2.24) is 14.7 Å². The predicted octanol–water partition coefficient (Wildman–Crippen LogP) is 3.94. The van der Waals surface area contributed by atoms with Crippen molar-refractivity contribution in [2.24, 2.45) is 0 Å². The lowest BCUT2D eigenvalue weighted by molar-refractivity contribution is 0.167. The first-order chi connectivity index (χ1) is 15.7. The summed E-state index contributed by atoms with van der Waals surface area (Å²) in [6, 6.07) is 14.5. The molecule has 0 bridgehead atoms. The third-order valence-corrected chi connectivity index (χ3v) is 5.75. The standard InChI is InChI=1S/C21H17Cl2N5O4S/c1-32-28-17(29)10-9-14-19(18-15(22)7-4-8-16(18)23)25-21(26-20(14)28)24-12-5-3-6-13(11-12)27-33(2,30)31/h3-11,27H,1-2H3,(H,24,25,26). The van der Waals surface area contributed by atoms with Crippen molar-refractivity contribution >= 4 is 61.6 Å². The van der Waals surface area contributed by atoms with E-state index >= 15 is 0 Å². The fourth-order valence-corrected chi connectivity index (χ4v) is 4.37. The number of nitrogens with zero attached hydrogens (tertiary/aromatic N) is 3. The van der Waals surface area contributed by atoms with E-state index in [9.17, 15) is 13.2 Å². The molecule has 33 heavy (non-hydrogen) atoms. The summed E-state index contributed by atoms with van der Waals surface area (Å²) in [5.74, 6) is 0.112. The summed E-state index contributed by atoms with van der Waals surface area (Å²) in [6.07, 6.45) is 1.06. The number of nitrogens with one attached hydrogen (secondary N) is 2. The Morgan fingerprint density at radius 2 is 1.64 bits per heavy atom. The molecule has 0 amide bonds. The van der Waals surface area contributed by atoms with Gasteiger partial charge >= 0.3 is 0 Å². The minimum Gasteiger partial charge on any atom is -0.412 e. The predicted molar refractivity (Wildman–Crippen MR) is 130 cm³/mol. The van der Waals surface area contributed by atoms with Crippen molar-refractivity contribution < 1.29 is 13.3 Å². The fraction of sp³-hybridized carbons (Fsp3) is 0.0952. The molecule has 4 aromatic rings. The molecule has 0 aliphatic carbocycles. The van der Waals surface area contributed by atoms with Gasteiger partial charge in [-0.15, -0.1) is 4.73 Å². The van der Waals surface area contributed by atoms with Gasteiger partial charge in [-0.3, -0.25) is 9.52 Å². The first kappa shape index (κ1) is 22.8. The van der Waals surface area contributed by atoms with Crippen molar-refractivity contribution in [2.75, 3.05) is 23.4 Å². The van der Waals surface area contributed by atoms with Crippen LogP contribution in [0, 0.1) is 0 Å². The van der Waals surface area contributed by atoms with Gasteiger partial charge in [0.05, 0.1) is 27.7 Å². The highest BCUT2D eigenvalue weighted by atomic mass is 35.5. The van der Waals surface area contributed by atoms with Crippen LogP contribution < -0.4 is 20.4 Å². The van der Waals surface area contributed by atoms with Gasteiger partial charge in [0.1, 0.15) is 7.11 Å². The van der Waals surface area contributed by atoms with Crippen LogP contribution in [0.4, 0.5) is 17.3 Å². The molecule has 0 unspecified atom stereocenters. The Balaban J connectivity index is 1.92. The van der Waals surface area contributed by atoms with E-state index in [1.54, 1.807) is 48.5 Å². The van der Waals surface area contributed by atoms with Crippen LogP contribution in [0.1, 0.15) is 0 Å². The van der Waals surface area contributed by atoms with Crippen LogP contribution in [-0.4, -0.2) is 36.5 Å². The lowest BCUT2D eigenvalue weighted by Crippen LogP contribution is -2.25. The van der Waals surface area contributed by atoms with Crippen LogP contribution in [0.15, 0.2) is 59.4 Å². The maximum Gasteiger partial charge on any atom is 0.285 e. The van der Waals surface area contributed by atoms with Gasteiger partial charge in [-0.2, -0.15) is 4.98 Å². The maximum atomic E-state index is 12.3. The summed E-state index contributed by atoms with van der Waals surface area (Å²) in [4.78, 5) is 26.6. The smallest absolute Gasteiger partial charge is 0.285 e. The van der Waals surface area contributed by atoms with Crippen molar-refractivity contribution in [2.45, 2.75) is 0 Å². The number of rotatable bonds is 6. The summed E-state index contributed by atoms with van der Waals surface area (Å²) in [5, 5.41) is 4.25. The number of benzene rings is 2. The molecule has 0 saturated carbocycles. The van der Waals surface area contributed by atoms with E-state index in [2.05, 4.69) is 20.0 Å². The molecule has 0 saturated heterocycles. The Morgan fingerprint density at radius 1 is 0.970 bits per heavy atom. The molecule has 2 heterocycles. The van der Waals surface area contributed by atoms with E-state index in [-0.39, 0.29) is 11.6 Å². The quantitative estimate of drug-likeness (QED) is 0.407. The van der Waals surface area contributed by atoms with Gasteiger partial charge in [-0.1, -0.05) is 35.3 Å². The van der Waals surface area contributed by atoms with Gasteiger partial charge in [-0.05, 0) is 36.4 Å². The molecule has 0 fully saturated rings. The van der Waals surface area contributed by atoms with Crippen LogP contribution in [-0.2, 0) is 10.0 Å². The zero-order valence-corrected chi connectivity index (χ0v) is 19.7. The zero-order valence-electron chi connectivity index (χ0n) is 17.3. The molecule has 0 radical (unpaired) electrons. The molecular formula is C21H17Cl2N5O4S. The summed E-state index contributed by atoms with van der Waals surface area (Å²) in [7, 11) is -2.11. The zero-order chi connectivity index (χ0) is 23.8. The highest BCUT2D eigenvalue weighted by molar-refractivity contribution is 7.92. The van der Waals surface area contributed by atoms with Gasteiger partial charge in [0.15, 0.2) is 5.65 Å². The topological polar surface area (TPSA) is 115 Å². The number of sulfonamides is 1. The monoisotopic (exact) mass is 505 g/mol. The summed E-state index contributed by atoms with van der Waals surface area (Å²) in [5.41, 5.74) is 1.47. The van der Waals surface area contributed by atoms with Crippen LogP contribution >= 0.6 is 23.2 Å². The summed E-state index contributed by atoms with van der Waals surface area (Å²) < 4.78 is 26.5. The molecule has 0 aliphatic rings. The van der Waals surface area contributed by atoms with E-state index in [4.69, 9.17) is 28.0 Å². The highest BCUT2D eigenvalue weighted by Gasteiger charge is 2.19. The van der Waals surface area contributed by atoms with Crippen molar-refractivity contribution in [1.29, 1.82) is 0 Å². The average Bonchev–Trinajstić information content (AvgIpc) is 2.72. The van der Waals surface area contributed by atoms with Crippen LogP contribution in [0.25, 0.3) is 22.3 Å². The number of hydrogen-bond donors (Lipinski definition) is 2. The minimum atomic E-state index is -3.45. The Morgan fingerprint density at radius 3 is 2.30 bits per heavy atom. The van der Waals surface area contributed by atoms with Crippen molar-refractivity contribution in [3.05, 3.63) is 75.0 Å². The van der Waals surface area contributed by atoms with Gasteiger partial charge in [0, 0.05) is 22.7 Å². The largest absolute Gasteiger partial charge is 0.412 e. The summed E-state index contributed by atoms with van der Waals surface area (Å²) >= 11 is 12.9. The average molecular weight is 506 g/mol. The van der Waals surface area contributed by atoms with E-state index in [1.807, 2.05) is 0 Å². The third kappa shape index (κ3) is 4.87. The van der Waals surface area contributed by atoms with Gasteiger partial charge in [-0.25, -0.2) is 13.4 Å². The van der Waals surface area contributed by atoms with E-state index in [0.29, 0.717) is 38.1 Å². The molecule has 2 aromatic heterocycles. The molecule has 0 atom stereocenters. The number of aromatic nitrogens is 3. The number of fused-ring (bicyclic) bond motifs is 1. The third-order valence-electron chi connectivity index (χ3n) is 4.51. The van der Waals surface area contributed by atoms with E-state index < -0.39 is 15.6 Å². The van der Waals surface area contributed by atoms with Crippen LogP contribution in [0.3, 0.4) is 0 Å². The molecule has 2 N–H and O–H groups in total. The normalized spacial score (nSPS) is 11.4. The molecule has 2 aromatic carbocycles. The van der Waals surface area contributed by atoms with Gasteiger partial charge < -0.3 is 10.2 Å². The van der Waals surface area contributed by atoms with Crippen molar-refractivity contribution in [3.8, 4) is 11.3 Å². The molecule has 9 nitrogen and oxygen atoms in total. The Bertz CT molecular complexity index is 1520. The lowest BCUT2D eigenvalue weighted by Gasteiger charge is -2.15. The van der Waals surface area contributed by atoms with E-state index in [0.717, 1.165) is 11.0 Å². The van der Waals surface area contributed by atoms with Crippen LogP contribution in [0.5, 0.6) is 0 Å². The Hall–Kier alpha value is -3.34. The maximum absolute atomic E-state index is 12.3. The second-order valence-corrected chi connectivity index (χ2v) is 9.52.